The second kappa shape index (κ2) is 6.58. The van der Waals surface area contributed by atoms with Crippen molar-refractivity contribution in [2.75, 3.05) is 18.5 Å². The molecule has 0 unspecified atom stereocenters. The van der Waals surface area contributed by atoms with Crippen LogP contribution < -0.4 is 14.8 Å². The molecule has 0 bridgehead atoms. The van der Waals surface area contributed by atoms with Crippen LogP contribution >= 0.6 is 47.8 Å². The van der Waals surface area contributed by atoms with Gasteiger partial charge in [-0.3, -0.25) is 0 Å². The Morgan fingerprint density at radius 1 is 0.905 bits per heavy atom. The average Bonchev–Trinajstić information content (AvgIpc) is 2.46. The van der Waals surface area contributed by atoms with Crippen molar-refractivity contribution in [2.45, 2.75) is 6.54 Å². The molecule has 0 atom stereocenters. The quantitative estimate of drug-likeness (QED) is 0.645. The highest BCUT2D eigenvalue weighted by Crippen LogP contribution is 2.35. The number of rotatable bonds is 3. The van der Waals surface area contributed by atoms with Gasteiger partial charge < -0.3 is 14.8 Å². The first-order chi connectivity index (χ1) is 10.1. The van der Waals surface area contributed by atoms with E-state index in [-0.39, 0.29) is 0 Å². The molecule has 1 aliphatic heterocycles. The number of fused-ring (bicyclic) bond motifs is 1. The van der Waals surface area contributed by atoms with Gasteiger partial charge in [-0.1, -0.05) is 22.0 Å². The molecule has 2 aromatic carbocycles. The lowest BCUT2D eigenvalue weighted by molar-refractivity contribution is 0.171. The van der Waals surface area contributed by atoms with E-state index in [2.05, 4.69) is 53.1 Å². The van der Waals surface area contributed by atoms with E-state index < -0.39 is 0 Å². The lowest BCUT2D eigenvalue weighted by Crippen LogP contribution is -2.15. The zero-order valence-corrected chi connectivity index (χ0v) is 15.7. The summed E-state index contributed by atoms with van der Waals surface area (Å²) in [6.07, 6.45) is 0. The molecule has 6 heteroatoms. The molecule has 21 heavy (non-hydrogen) atoms. The highest BCUT2D eigenvalue weighted by molar-refractivity contribution is 9.11. The van der Waals surface area contributed by atoms with Gasteiger partial charge in [0.2, 0.25) is 0 Å². The van der Waals surface area contributed by atoms with Gasteiger partial charge in [-0.2, -0.15) is 0 Å². The molecule has 0 amide bonds. The van der Waals surface area contributed by atoms with Crippen molar-refractivity contribution in [3.8, 4) is 11.5 Å². The number of ether oxygens (including phenoxy) is 2. The molecule has 1 heterocycles. The van der Waals surface area contributed by atoms with Crippen LogP contribution in [0.1, 0.15) is 5.56 Å². The first kappa shape index (κ1) is 15.2. The third-order valence-electron chi connectivity index (χ3n) is 3.08. The molecule has 0 spiro atoms. The minimum atomic E-state index is 0.605. The van der Waals surface area contributed by atoms with Crippen LogP contribution in [0.3, 0.4) is 0 Å². The smallest absolute Gasteiger partial charge is 0.161 e. The maximum atomic E-state index is 5.60. The minimum Gasteiger partial charge on any atom is -0.486 e. The monoisotopic (exact) mass is 475 g/mol. The average molecular weight is 478 g/mol. The minimum absolute atomic E-state index is 0.605. The Labute approximate surface area is 148 Å². The number of halogens is 3. The lowest BCUT2D eigenvalue weighted by atomic mass is 10.2. The summed E-state index contributed by atoms with van der Waals surface area (Å²) in [5.74, 6) is 1.63. The molecule has 1 aliphatic rings. The summed E-state index contributed by atoms with van der Waals surface area (Å²) < 4.78 is 14.2. The first-order valence-corrected chi connectivity index (χ1v) is 8.78. The fourth-order valence-electron chi connectivity index (χ4n) is 2.10. The molecule has 0 saturated carbocycles. The fraction of sp³-hybridized carbons (Fsp3) is 0.200. The van der Waals surface area contributed by atoms with Gasteiger partial charge in [0.25, 0.3) is 0 Å². The van der Waals surface area contributed by atoms with Crippen LogP contribution in [-0.4, -0.2) is 13.2 Å². The highest BCUT2D eigenvalue weighted by atomic mass is 79.9. The van der Waals surface area contributed by atoms with Gasteiger partial charge in [-0.25, -0.2) is 0 Å². The van der Waals surface area contributed by atoms with Crippen LogP contribution in [0.2, 0.25) is 0 Å². The van der Waals surface area contributed by atoms with Crippen LogP contribution in [0.4, 0.5) is 5.69 Å². The number of hydrogen-bond acceptors (Lipinski definition) is 3. The van der Waals surface area contributed by atoms with Crippen LogP contribution in [0, 0.1) is 0 Å². The second-order valence-electron chi connectivity index (χ2n) is 4.58. The van der Waals surface area contributed by atoms with Gasteiger partial charge in [0, 0.05) is 20.0 Å². The highest BCUT2D eigenvalue weighted by Gasteiger charge is 2.12. The molecule has 3 nitrogen and oxygen atoms in total. The van der Waals surface area contributed by atoms with Crippen LogP contribution in [0.25, 0.3) is 0 Å². The largest absolute Gasteiger partial charge is 0.486 e. The van der Waals surface area contributed by atoms with Crippen molar-refractivity contribution < 1.29 is 9.47 Å². The standard InChI is InChI=1S/C15H12Br3NO2/c16-10-6-11(17)15(12(18)7-10)19-8-9-1-2-13-14(5-9)21-4-3-20-13/h1-2,5-7,19H,3-4,8H2. The molecule has 3 rings (SSSR count). The fourth-order valence-corrected chi connectivity index (χ4v) is 4.64. The Hall–Kier alpha value is -0.720. The normalized spacial score (nSPS) is 13.1. The van der Waals surface area contributed by atoms with E-state index in [1.807, 2.05) is 30.3 Å². The molecule has 0 fully saturated rings. The van der Waals surface area contributed by atoms with E-state index in [0.29, 0.717) is 19.8 Å². The van der Waals surface area contributed by atoms with Crippen molar-refractivity contribution in [1.29, 1.82) is 0 Å². The van der Waals surface area contributed by atoms with Gasteiger partial charge >= 0.3 is 0 Å². The number of hydrogen-bond donors (Lipinski definition) is 1. The molecule has 0 aromatic heterocycles. The van der Waals surface area contributed by atoms with E-state index in [9.17, 15) is 0 Å². The van der Waals surface area contributed by atoms with Gasteiger partial charge in [-0.15, -0.1) is 0 Å². The van der Waals surface area contributed by atoms with Crippen LogP contribution in [-0.2, 0) is 6.54 Å². The van der Waals surface area contributed by atoms with Gasteiger partial charge in [-0.05, 0) is 61.7 Å². The predicted molar refractivity (Wildman–Crippen MR) is 94.3 cm³/mol. The third kappa shape index (κ3) is 3.55. The predicted octanol–water partition coefficient (Wildman–Crippen LogP) is 5.36. The first-order valence-electron chi connectivity index (χ1n) is 6.40. The van der Waals surface area contributed by atoms with E-state index in [1.54, 1.807) is 0 Å². The Morgan fingerprint density at radius 3 is 2.29 bits per heavy atom. The number of anilines is 1. The molecule has 2 aromatic rings. The lowest BCUT2D eigenvalue weighted by Gasteiger charge is -2.19. The number of nitrogens with one attached hydrogen (secondary N) is 1. The van der Waals surface area contributed by atoms with E-state index in [0.717, 1.165) is 36.2 Å². The summed E-state index contributed by atoms with van der Waals surface area (Å²) in [5, 5.41) is 3.42. The van der Waals surface area contributed by atoms with E-state index in [1.165, 1.54) is 0 Å². The summed E-state index contributed by atoms with van der Waals surface area (Å²) >= 11 is 10.6. The van der Waals surface area contributed by atoms with Crippen LogP contribution in [0.5, 0.6) is 11.5 Å². The SMILES string of the molecule is Brc1cc(Br)c(NCc2ccc3c(c2)OCCO3)c(Br)c1. The maximum Gasteiger partial charge on any atom is 0.161 e. The summed E-state index contributed by atoms with van der Waals surface area (Å²) in [6.45, 7) is 1.92. The topological polar surface area (TPSA) is 30.5 Å². The summed E-state index contributed by atoms with van der Waals surface area (Å²) in [7, 11) is 0. The Bertz CT molecular complexity index is 653. The second-order valence-corrected chi connectivity index (χ2v) is 7.20. The van der Waals surface area contributed by atoms with E-state index >= 15 is 0 Å². The van der Waals surface area contributed by atoms with Crippen LogP contribution in [0.15, 0.2) is 43.7 Å². The molecule has 0 aliphatic carbocycles. The molecular formula is C15H12Br3NO2. The molecule has 1 N–H and O–H groups in total. The Kier molecular flexibility index (Phi) is 4.76. The van der Waals surface area contributed by atoms with E-state index in [4.69, 9.17) is 9.47 Å². The number of benzene rings is 2. The third-order valence-corrected chi connectivity index (χ3v) is 4.79. The van der Waals surface area contributed by atoms with Crippen molar-refractivity contribution >= 4 is 53.5 Å². The van der Waals surface area contributed by atoms with Gasteiger partial charge in [0.1, 0.15) is 13.2 Å². The molecule has 0 radical (unpaired) electrons. The van der Waals surface area contributed by atoms with Crippen molar-refractivity contribution in [3.05, 3.63) is 49.3 Å². The molecular weight excluding hydrogens is 466 g/mol. The zero-order valence-electron chi connectivity index (χ0n) is 11.0. The summed E-state index contributed by atoms with van der Waals surface area (Å²) in [6, 6.07) is 10.0. The van der Waals surface area contributed by atoms with Gasteiger partial charge in [0.15, 0.2) is 11.5 Å². The van der Waals surface area contributed by atoms with Crippen molar-refractivity contribution in [3.63, 3.8) is 0 Å². The maximum absolute atomic E-state index is 5.60. The zero-order chi connectivity index (χ0) is 14.8. The van der Waals surface area contributed by atoms with Crippen molar-refractivity contribution in [1.82, 2.24) is 0 Å². The van der Waals surface area contributed by atoms with Gasteiger partial charge in [0.05, 0.1) is 5.69 Å². The Morgan fingerprint density at radius 2 is 1.57 bits per heavy atom. The summed E-state index contributed by atoms with van der Waals surface area (Å²) in [4.78, 5) is 0. The van der Waals surface area contributed by atoms with Crippen molar-refractivity contribution in [2.24, 2.45) is 0 Å². The summed E-state index contributed by atoms with van der Waals surface area (Å²) in [5.41, 5.74) is 2.16. The molecule has 110 valence electrons. The molecule has 0 saturated heterocycles. The Balaban J connectivity index is 1.76.